The maximum Gasteiger partial charge on any atom is 0.335 e. The zero-order valence-electron chi connectivity index (χ0n) is 11.0. The predicted molar refractivity (Wildman–Crippen MR) is 73.4 cm³/mol. The van der Waals surface area contributed by atoms with Gasteiger partial charge in [-0.2, -0.15) is 0 Å². The monoisotopic (exact) mass is 275 g/mol. The lowest BCUT2D eigenvalue weighted by atomic mass is 10.1. The molecule has 0 amide bonds. The number of benzene rings is 1. The van der Waals surface area contributed by atoms with E-state index >= 15 is 0 Å². The van der Waals surface area contributed by atoms with Gasteiger partial charge < -0.3 is 19.9 Å². The molecule has 0 radical (unpaired) electrons. The number of carboxylic acid groups (broad SMARTS) is 1. The van der Waals surface area contributed by atoms with E-state index in [1.165, 1.54) is 0 Å². The van der Waals surface area contributed by atoms with E-state index in [9.17, 15) is 4.79 Å². The van der Waals surface area contributed by atoms with Crippen molar-refractivity contribution in [2.45, 2.75) is 19.0 Å². The maximum absolute atomic E-state index is 10.8. The molecule has 20 heavy (non-hydrogen) atoms. The van der Waals surface area contributed by atoms with Crippen LogP contribution < -0.4 is 5.32 Å². The first-order chi connectivity index (χ1) is 9.70. The van der Waals surface area contributed by atoms with Gasteiger partial charge in [-0.1, -0.05) is 12.1 Å². The second-order valence-corrected chi connectivity index (χ2v) is 4.46. The Morgan fingerprint density at radius 1 is 1.25 bits per heavy atom. The van der Waals surface area contributed by atoms with E-state index in [2.05, 4.69) is 5.32 Å². The Morgan fingerprint density at radius 3 is 2.55 bits per heavy atom. The Hall–Kier alpha value is -2.11. The van der Waals surface area contributed by atoms with Crippen LogP contribution in [0.4, 0.5) is 0 Å². The molecule has 1 atom stereocenters. The Morgan fingerprint density at radius 2 is 2.00 bits per heavy atom. The van der Waals surface area contributed by atoms with Crippen LogP contribution in [0.15, 0.2) is 47.1 Å². The van der Waals surface area contributed by atoms with E-state index in [4.69, 9.17) is 14.6 Å². The van der Waals surface area contributed by atoms with Crippen LogP contribution in [-0.4, -0.2) is 22.8 Å². The molecule has 5 heteroatoms. The maximum atomic E-state index is 10.8. The Labute approximate surface area is 116 Å². The molecule has 5 nitrogen and oxygen atoms in total. The van der Waals surface area contributed by atoms with Crippen molar-refractivity contribution < 1.29 is 19.4 Å². The summed E-state index contributed by atoms with van der Waals surface area (Å²) < 4.78 is 5.34. The molecule has 1 unspecified atom stereocenters. The summed E-state index contributed by atoms with van der Waals surface area (Å²) in [6, 6.07) is 10.3. The molecule has 1 heterocycles. The Kier molecular flexibility index (Phi) is 4.92. The molecule has 3 N–H and O–H groups in total. The molecular formula is C15H17NO4. The van der Waals surface area contributed by atoms with Gasteiger partial charge in [0.1, 0.15) is 5.76 Å². The van der Waals surface area contributed by atoms with Crippen molar-refractivity contribution in [2.24, 2.45) is 0 Å². The van der Waals surface area contributed by atoms with E-state index in [1.54, 1.807) is 30.5 Å². The first kappa shape index (κ1) is 14.3. The molecule has 0 aliphatic rings. The third-order valence-corrected chi connectivity index (χ3v) is 3.06. The van der Waals surface area contributed by atoms with Gasteiger partial charge in [0, 0.05) is 13.2 Å². The summed E-state index contributed by atoms with van der Waals surface area (Å²) in [5.74, 6) is -0.153. The van der Waals surface area contributed by atoms with Crippen LogP contribution in [0.5, 0.6) is 0 Å². The number of hydrogen-bond donors (Lipinski definition) is 3. The molecule has 2 aromatic rings. The Balaban J connectivity index is 1.97. The minimum absolute atomic E-state index is 0.0610. The molecule has 0 saturated heterocycles. The minimum Gasteiger partial charge on any atom is -0.478 e. The summed E-state index contributed by atoms with van der Waals surface area (Å²) in [4.78, 5) is 10.8. The van der Waals surface area contributed by atoms with E-state index in [-0.39, 0.29) is 18.2 Å². The number of furan rings is 1. The first-order valence-electron chi connectivity index (χ1n) is 6.40. The van der Waals surface area contributed by atoms with Crippen molar-refractivity contribution in [3.8, 4) is 0 Å². The fourth-order valence-electron chi connectivity index (χ4n) is 1.97. The van der Waals surface area contributed by atoms with Crippen LogP contribution >= 0.6 is 0 Å². The van der Waals surface area contributed by atoms with E-state index in [0.29, 0.717) is 13.0 Å². The lowest BCUT2D eigenvalue weighted by Crippen LogP contribution is -2.21. The molecule has 2 rings (SSSR count). The number of aliphatic hydroxyl groups is 1. The van der Waals surface area contributed by atoms with Gasteiger partial charge in [0.15, 0.2) is 0 Å². The number of carbonyl (C=O) groups is 1. The molecule has 106 valence electrons. The third-order valence-electron chi connectivity index (χ3n) is 3.06. The van der Waals surface area contributed by atoms with E-state index in [1.807, 2.05) is 12.1 Å². The van der Waals surface area contributed by atoms with Crippen LogP contribution in [0.2, 0.25) is 0 Å². The summed E-state index contributed by atoms with van der Waals surface area (Å²) >= 11 is 0. The van der Waals surface area contributed by atoms with Crippen LogP contribution in [0.25, 0.3) is 0 Å². The highest BCUT2D eigenvalue weighted by atomic mass is 16.4. The van der Waals surface area contributed by atoms with Crippen LogP contribution in [-0.2, 0) is 6.54 Å². The van der Waals surface area contributed by atoms with Gasteiger partial charge in [-0.3, -0.25) is 0 Å². The summed E-state index contributed by atoms with van der Waals surface area (Å²) in [6.45, 7) is 0.640. The summed E-state index contributed by atoms with van der Waals surface area (Å²) in [6.07, 6.45) is 2.16. The van der Waals surface area contributed by atoms with Crippen molar-refractivity contribution in [2.75, 3.05) is 6.61 Å². The number of aromatic carboxylic acids is 1. The zero-order valence-corrected chi connectivity index (χ0v) is 11.0. The SMILES string of the molecule is O=C(O)c1ccc(CNC(CCO)c2ccco2)cc1. The molecule has 0 fully saturated rings. The fourth-order valence-corrected chi connectivity index (χ4v) is 1.97. The minimum atomic E-state index is -0.932. The van der Waals surface area contributed by atoms with E-state index in [0.717, 1.165) is 11.3 Å². The molecular weight excluding hydrogens is 258 g/mol. The van der Waals surface area contributed by atoms with Crippen LogP contribution in [0, 0.1) is 0 Å². The average molecular weight is 275 g/mol. The number of aliphatic hydroxyl groups excluding tert-OH is 1. The number of nitrogens with one attached hydrogen (secondary N) is 1. The lowest BCUT2D eigenvalue weighted by Gasteiger charge is -2.15. The highest BCUT2D eigenvalue weighted by Crippen LogP contribution is 2.17. The second-order valence-electron chi connectivity index (χ2n) is 4.46. The zero-order chi connectivity index (χ0) is 14.4. The summed E-state index contributed by atoms with van der Waals surface area (Å²) in [5, 5.41) is 21.2. The molecule has 0 aliphatic carbocycles. The fraction of sp³-hybridized carbons (Fsp3) is 0.267. The lowest BCUT2D eigenvalue weighted by molar-refractivity contribution is 0.0697. The van der Waals surface area contributed by atoms with Gasteiger partial charge in [-0.25, -0.2) is 4.79 Å². The molecule has 1 aromatic heterocycles. The van der Waals surface area contributed by atoms with Crippen molar-refractivity contribution in [3.05, 3.63) is 59.5 Å². The van der Waals surface area contributed by atoms with Gasteiger partial charge >= 0.3 is 5.97 Å². The summed E-state index contributed by atoms with van der Waals surface area (Å²) in [7, 11) is 0. The van der Waals surface area contributed by atoms with Crippen LogP contribution in [0.3, 0.4) is 0 Å². The quantitative estimate of drug-likeness (QED) is 0.721. The summed E-state index contributed by atoms with van der Waals surface area (Å²) in [5.41, 5.74) is 1.25. The van der Waals surface area contributed by atoms with Gasteiger partial charge in [0.25, 0.3) is 0 Å². The Bertz CT molecular complexity index is 534. The topological polar surface area (TPSA) is 82.7 Å². The number of rotatable bonds is 7. The van der Waals surface area contributed by atoms with Crippen LogP contribution in [0.1, 0.15) is 34.1 Å². The highest BCUT2D eigenvalue weighted by Gasteiger charge is 2.13. The van der Waals surface area contributed by atoms with Gasteiger partial charge in [0.2, 0.25) is 0 Å². The molecule has 0 aliphatic heterocycles. The largest absolute Gasteiger partial charge is 0.478 e. The molecule has 0 saturated carbocycles. The van der Waals surface area contributed by atoms with Crippen molar-refractivity contribution >= 4 is 5.97 Å². The van der Waals surface area contributed by atoms with Crippen molar-refractivity contribution in [1.29, 1.82) is 0 Å². The standard InChI is InChI=1S/C15H17NO4/c17-8-7-13(14-2-1-9-20-14)16-10-11-3-5-12(6-4-11)15(18)19/h1-6,9,13,16-17H,7-8,10H2,(H,18,19). The third kappa shape index (κ3) is 3.69. The van der Waals surface area contributed by atoms with E-state index < -0.39 is 5.97 Å². The second kappa shape index (κ2) is 6.88. The highest BCUT2D eigenvalue weighted by molar-refractivity contribution is 5.87. The first-order valence-corrected chi connectivity index (χ1v) is 6.40. The number of hydrogen-bond acceptors (Lipinski definition) is 4. The predicted octanol–water partition coefficient (Wildman–Crippen LogP) is 2.19. The molecule has 0 bridgehead atoms. The van der Waals surface area contributed by atoms with Gasteiger partial charge in [-0.15, -0.1) is 0 Å². The normalized spacial score (nSPS) is 12.2. The van der Waals surface area contributed by atoms with Crippen molar-refractivity contribution in [3.63, 3.8) is 0 Å². The smallest absolute Gasteiger partial charge is 0.335 e. The van der Waals surface area contributed by atoms with Crippen molar-refractivity contribution in [1.82, 2.24) is 5.32 Å². The average Bonchev–Trinajstić information content (AvgIpc) is 2.98. The van der Waals surface area contributed by atoms with Gasteiger partial charge in [0.05, 0.1) is 17.9 Å². The molecule has 1 aromatic carbocycles. The van der Waals surface area contributed by atoms with Gasteiger partial charge in [-0.05, 0) is 36.2 Å². The number of carboxylic acids is 1. The molecule has 0 spiro atoms.